The average molecular weight is 334 g/mol. The van der Waals surface area contributed by atoms with Crippen molar-refractivity contribution in [2.45, 2.75) is 46.5 Å². The van der Waals surface area contributed by atoms with Gasteiger partial charge in [-0.25, -0.2) is 4.68 Å². The smallest absolute Gasteiger partial charge is 0.0733 e. The maximum atomic E-state index is 4.62. The van der Waals surface area contributed by atoms with Crippen LogP contribution < -0.4 is 0 Å². The second-order valence-corrected chi connectivity index (χ2v) is 6.91. The van der Waals surface area contributed by atoms with E-state index in [1.54, 1.807) is 0 Å². The summed E-state index contributed by atoms with van der Waals surface area (Å²) in [7, 11) is 0. The highest BCUT2D eigenvalue weighted by Gasteiger charge is 2.06. The Kier molecular flexibility index (Phi) is 5.59. The fourth-order valence-corrected chi connectivity index (χ4v) is 2.80. The normalized spacial score (nSPS) is 11.2. The molecule has 0 aromatic carbocycles. The molecule has 0 fully saturated rings. The molecule has 0 unspecified atom stereocenters. The second kappa shape index (κ2) is 8.06. The van der Waals surface area contributed by atoms with Gasteiger partial charge in [-0.1, -0.05) is 33.3 Å². The maximum Gasteiger partial charge on any atom is 0.0733 e. The van der Waals surface area contributed by atoms with Gasteiger partial charge in [0.2, 0.25) is 0 Å². The van der Waals surface area contributed by atoms with E-state index in [2.05, 4.69) is 54.0 Å². The summed E-state index contributed by atoms with van der Waals surface area (Å²) in [6.45, 7) is 6.67. The molecule has 0 saturated heterocycles. The monoisotopic (exact) mass is 334 g/mol. The molecule has 3 aromatic heterocycles. The predicted molar refractivity (Wildman–Crippen MR) is 102 cm³/mol. The number of aromatic nitrogens is 4. The van der Waals surface area contributed by atoms with E-state index >= 15 is 0 Å². The van der Waals surface area contributed by atoms with Crippen LogP contribution in [0.2, 0.25) is 0 Å². The molecule has 3 aromatic rings. The van der Waals surface area contributed by atoms with Crippen molar-refractivity contribution in [3.05, 3.63) is 60.3 Å². The van der Waals surface area contributed by atoms with Crippen molar-refractivity contribution in [3.63, 3.8) is 0 Å². The predicted octanol–water partition coefficient (Wildman–Crippen LogP) is 4.87. The van der Waals surface area contributed by atoms with Gasteiger partial charge in [0.05, 0.1) is 17.6 Å². The van der Waals surface area contributed by atoms with Crippen LogP contribution in [-0.2, 0) is 12.8 Å². The largest absolute Gasteiger partial charge is 0.261 e. The van der Waals surface area contributed by atoms with E-state index in [-0.39, 0.29) is 0 Å². The summed E-state index contributed by atoms with van der Waals surface area (Å²) in [5.41, 5.74) is 5.43. The molecule has 3 heterocycles. The van der Waals surface area contributed by atoms with Gasteiger partial charge in [0, 0.05) is 29.8 Å². The first-order valence-corrected chi connectivity index (χ1v) is 9.11. The van der Waals surface area contributed by atoms with Crippen LogP contribution >= 0.6 is 0 Å². The van der Waals surface area contributed by atoms with Crippen molar-refractivity contribution < 1.29 is 0 Å². The molecule has 0 N–H and O–H groups in total. The Hall–Kier alpha value is -2.49. The van der Waals surface area contributed by atoms with E-state index in [1.165, 1.54) is 12.0 Å². The average Bonchev–Trinajstić information content (AvgIpc) is 3.11. The molecule has 0 aliphatic heterocycles. The highest BCUT2D eigenvalue weighted by molar-refractivity contribution is 5.57. The first kappa shape index (κ1) is 17.3. The summed E-state index contributed by atoms with van der Waals surface area (Å²) in [5, 5.41) is 4.49. The molecular weight excluding hydrogens is 308 g/mol. The summed E-state index contributed by atoms with van der Waals surface area (Å²) >= 11 is 0. The number of nitrogens with zero attached hydrogens (tertiary/aromatic N) is 4. The molecule has 0 saturated carbocycles. The van der Waals surface area contributed by atoms with Crippen LogP contribution in [0.25, 0.3) is 16.9 Å². The Labute approximate surface area is 150 Å². The van der Waals surface area contributed by atoms with Crippen LogP contribution in [0.4, 0.5) is 0 Å². The van der Waals surface area contributed by atoms with Crippen molar-refractivity contribution in [2.75, 3.05) is 0 Å². The van der Waals surface area contributed by atoms with Gasteiger partial charge in [-0.2, -0.15) is 5.10 Å². The van der Waals surface area contributed by atoms with Crippen molar-refractivity contribution in [2.24, 2.45) is 5.92 Å². The van der Waals surface area contributed by atoms with E-state index in [0.717, 1.165) is 47.8 Å². The molecule has 0 aliphatic rings. The van der Waals surface area contributed by atoms with Gasteiger partial charge in [0.1, 0.15) is 0 Å². The van der Waals surface area contributed by atoms with E-state index in [0.29, 0.717) is 0 Å². The van der Waals surface area contributed by atoms with Crippen molar-refractivity contribution >= 4 is 0 Å². The quantitative estimate of drug-likeness (QED) is 0.619. The summed E-state index contributed by atoms with van der Waals surface area (Å²) in [6.07, 6.45) is 12.1. The molecule has 4 heteroatoms. The summed E-state index contributed by atoms with van der Waals surface area (Å²) in [4.78, 5) is 9.02. The Morgan fingerprint density at radius 1 is 1.04 bits per heavy atom. The molecule has 4 nitrogen and oxygen atoms in total. The zero-order chi connectivity index (χ0) is 17.6. The Balaban J connectivity index is 1.76. The van der Waals surface area contributed by atoms with Gasteiger partial charge in [-0.3, -0.25) is 9.97 Å². The van der Waals surface area contributed by atoms with E-state index in [9.17, 15) is 0 Å². The fraction of sp³-hybridized carbons (Fsp3) is 0.381. The van der Waals surface area contributed by atoms with Gasteiger partial charge in [-0.15, -0.1) is 0 Å². The minimum atomic E-state index is 0.718. The summed E-state index contributed by atoms with van der Waals surface area (Å²) in [5.74, 6) is 0.718. The molecular formula is C21H26N4. The summed E-state index contributed by atoms with van der Waals surface area (Å²) < 4.78 is 1.89. The highest BCUT2D eigenvalue weighted by Crippen LogP contribution is 2.19. The Bertz CT molecular complexity index is 803. The Morgan fingerprint density at radius 2 is 1.92 bits per heavy atom. The Morgan fingerprint density at radius 3 is 2.64 bits per heavy atom. The van der Waals surface area contributed by atoms with Crippen molar-refractivity contribution in [1.82, 2.24) is 19.7 Å². The number of rotatable bonds is 7. The molecule has 0 atom stereocenters. The molecule has 130 valence electrons. The third kappa shape index (κ3) is 4.53. The van der Waals surface area contributed by atoms with Gasteiger partial charge in [0.15, 0.2) is 0 Å². The van der Waals surface area contributed by atoms with Gasteiger partial charge in [0.25, 0.3) is 0 Å². The molecule has 0 aliphatic carbocycles. The van der Waals surface area contributed by atoms with Crippen LogP contribution in [0.5, 0.6) is 0 Å². The lowest BCUT2D eigenvalue weighted by Crippen LogP contribution is -1.97. The minimum absolute atomic E-state index is 0.718. The topological polar surface area (TPSA) is 43.6 Å². The number of hydrogen-bond donors (Lipinski definition) is 0. The molecule has 0 radical (unpaired) electrons. The molecule has 25 heavy (non-hydrogen) atoms. The van der Waals surface area contributed by atoms with Gasteiger partial charge in [-0.05, 0) is 48.9 Å². The summed E-state index contributed by atoms with van der Waals surface area (Å²) in [6, 6.07) is 8.35. The second-order valence-electron chi connectivity index (χ2n) is 6.91. The van der Waals surface area contributed by atoms with Crippen molar-refractivity contribution in [3.8, 4) is 16.9 Å². The van der Waals surface area contributed by atoms with E-state index in [1.807, 2.05) is 35.5 Å². The first-order valence-electron chi connectivity index (χ1n) is 9.11. The lowest BCUT2D eigenvalue weighted by atomic mass is 10.0. The first-order chi connectivity index (χ1) is 12.2. The molecule has 0 amide bonds. The third-order valence-corrected chi connectivity index (χ3v) is 4.28. The highest BCUT2D eigenvalue weighted by atomic mass is 15.3. The maximum absolute atomic E-state index is 4.62. The van der Waals surface area contributed by atoms with Crippen LogP contribution in [-0.4, -0.2) is 19.7 Å². The third-order valence-electron chi connectivity index (χ3n) is 4.28. The molecule has 0 spiro atoms. The lowest BCUT2D eigenvalue weighted by Gasteiger charge is -2.05. The SMILES string of the molecule is CCCc1cc(-n2cc(-c3ccc(CCC(C)C)cn3)cn2)ccn1. The standard InChI is InChI=1S/C21H26N4/c1-4-5-19-12-20(10-11-22-19)25-15-18(14-24-25)21-9-8-17(13-23-21)7-6-16(2)3/h8-16H,4-7H2,1-3H3. The van der Waals surface area contributed by atoms with Gasteiger partial charge < -0.3 is 0 Å². The zero-order valence-electron chi connectivity index (χ0n) is 15.3. The van der Waals surface area contributed by atoms with Crippen LogP contribution in [0, 0.1) is 5.92 Å². The van der Waals surface area contributed by atoms with E-state index in [4.69, 9.17) is 0 Å². The minimum Gasteiger partial charge on any atom is -0.261 e. The van der Waals surface area contributed by atoms with E-state index < -0.39 is 0 Å². The van der Waals surface area contributed by atoms with Crippen LogP contribution in [0.3, 0.4) is 0 Å². The van der Waals surface area contributed by atoms with Gasteiger partial charge >= 0.3 is 0 Å². The molecule has 0 bridgehead atoms. The van der Waals surface area contributed by atoms with Crippen LogP contribution in [0.1, 0.15) is 44.9 Å². The number of pyridine rings is 2. The number of aryl methyl sites for hydroxylation is 2. The zero-order valence-corrected chi connectivity index (χ0v) is 15.3. The van der Waals surface area contributed by atoms with Crippen LogP contribution in [0.15, 0.2) is 49.1 Å². The lowest BCUT2D eigenvalue weighted by molar-refractivity contribution is 0.586. The van der Waals surface area contributed by atoms with Crippen molar-refractivity contribution in [1.29, 1.82) is 0 Å². The molecule has 3 rings (SSSR count). The number of hydrogen-bond acceptors (Lipinski definition) is 3. The fourth-order valence-electron chi connectivity index (χ4n) is 2.80.